The zero-order valence-corrected chi connectivity index (χ0v) is 13.7. The SMILES string of the molecule is CN=C(NCCOc1cccc(Br)c1)NCCSC. The van der Waals surface area contributed by atoms with Crippen molar-refractivity contribution in [2.75, 3.05) is 38.8 Å². The van der Waals surface area contributed by atoms with Crippen LogP contribution in [0.15, 0.2) is 33.7 Å². The normalized spacial score (nSPS) is 11.2. The summed E-state index contributed by atoms with van der Waals surface area (Å²) in [7, 11) is 1.77. The van der Waals surface area contributed by atoms with E-state index in [-0.39, 0.29) is 0 Å². The Morgan fingerprint density at radius 1 is 1.37 bits per heavy atom. The van der Waals surface area contributed by atoms with Gasteiger partial charge >= 0.3 is 0 Å². The van der Waals surface area contributed by atoms with Crippen molar-refractivity contribution < 1.29 is 4.74 Å². The number of thioether (sulfide) groups is 1. The summed E-state index contributed by atoms with van der Waals surface area (Å²) in [5.74, 6) is 2.74. The van der Waals surface area contributed by atoms with E-state index in [0.717, 1.165) is 28.5 Å². The van der Waals surface area contributed by atoms with Crippen LogP contribution in [0.4, 0.5) is 0 Å². The Balaban J connectivity index is 2.18. The van der Waals surface area contributed by atoms with E-state index in [0.29, 0.717) is 13.2 Å². The van der Waals surface area contributed by atoms with Gasteiger partial charge in [-0.05, 0) is 24.5 Å². The molecular formula is C13H20BrN3OS. The minimum Gasteiger partial charge on any atom is -0.492 e. The number of hydrogen-bond donors (Lipinski definition) is 2. The lowest BCUT2D eigenvalue weighted by molar-refractivity contribution is 0.322. The van der Waals surface area contributed by atoms with E-state index in [1.165, 1.54) is 0 Å². The Labute approximate surface area is 127 Å². The fourth-order valence-electron chi connectivity index (χ4n) is 1.39. The van der Waals surface area contributed by atoms with Crippen molar-refractivity contribution in [2.24, 2.45) is 4.99 Å². The van der Waals surface area contributed by atoms with Crippen LogP contribution in [0.5, 0.6) is 5.75 Å². The van der Waals surface area contributed by atoms with E-state index in [4.69, 9.17) is 4.74 Å². The molecule has 1 rings (SSSR count). The maximum atomic E-state index is 5.63. The second-order valence-electron chi connectivity index (χ2n) is 3.72. The van der Waals surface area contributed by atoms with Gasteiger partial charge in [-0.2, -0.15) is 11.8 Å². The molecule has 0 fully saturated rings. The topological polar surface area (TPSA) is 45.7 Å². The van der Waals surface area contributed by atoms with Crippen molar-refractivity contribution in [3.8, 4) is 5.75 Å². The predicted molar refractivity (Wildman–Crippen MR) is 87.4 cm³/mol. The van der Waals surface area contributed by atoms with Gasteiger partial charge < -0.3 is 15.4 Å². The summed E-state index contributed by atoms with van der Waals surface area (Å²) in [6.07, 6.45) is 2.09. The molecule has 0 aromatic heterocycles. The number of rotatable bonds is 7. The molecule has 1 aromatic carbocycles. The first-order valence-corrected chi connectivity index (χ1v) is 8.26. The standard InChI is InChI=1S/C13H20BrN3OS/c1-15-13(17-7-9-19-2)16-6-8-18-12-5-3-4-11(14)10-12/h3-5,10H,6-9H2,1-2H3,(H2,15,16,17). The first-order chi connectivity index (χ1) is 9.26. The Morgan fingerprint density at radius 2 is 2.16 bits per heavy atom. The maximum Gasteiger partial charge on any atom is 0.191 e. The van der Waals surface area contributed by atoms with Crippen molar-refractivity contribution in [3.63, 3.8) is 0 Å². The highest BCUT2D eigenvalue weighted by Crippen LogP contribution is 2.17. The van der Waals surface area contributed by atoms with Crippen molar-refractivity contribution in [1.82, 2.24) is 10.6 Å². The molecule has 0 radical (unpaired) electrons. The number of aliphatic imine (C=N–C) groups is 1. The smallest absolute Gasteiger partial charge is 0.191 e. The van der Waals surface area contributed by atoms with Crippen LogP contribution < -0.4 is 15.4 Å². The molecule has 0 aliphatic carbocycles. The second kappa shape index (κ2) is 9.97. The number of halogens is 1. The first-order valence-electron chi connectivity index (χ1n) is 6.08. The monoisotopic (exact) mass is 345 g/mol. The minimum absolute atomic E-state index is 0.597. The summed E-state index contributed by atoms with van der Waals surface area (Å²) in [5.41, 5.74) is 0. The fourth-order valence-corrected chi connectivity index (χ4v) is 2.07. The molecule has 0 atom stereocenters. The summed E-state index contributed by atoms with van der Waals surface area (Å²) in [4.78, 5) is 4.14. The minimum atomic E-state index is 0.597. The highest BCUT2D eigenvalue weighted by Gasteiger charge is 1.97. The third-order valence-electron chi connectivity index (χ3n) is 2.28. The van der Waals surface area contributed by atoms with Crippen LogP contribution in [0.3, 0.4) is 0 Å². The lowest BCUT2D eigenvalue weighted by Gasteiger charge is -2.12. The molecule has 0 unspecified atom stereocenters. The van der Waals surface area contributed by atoms with Gasteiger partial charge in [0.25, 0.3) is 0 Å². The van der Waals surface area contributed by atoms with Gasteiger partial charge in [0.1, 0.15) is 12.4 Å². The predicted octanol–water partition coefficient (Wildman–Crippen LogP) is 2.36. The van der Waals surface area contributed by atoms with Gasteiger partial charge in [-0.1, -0.05) is 22.0 Å². The number of benzene rings is 1. The van der Waals surface area contributed by atoms with Crippen molar-refractivity contribution in [3.05, 3.63) is 28.7 Å². The van der Waals surface area contributed by atoms with Crippen LogP contribution in [0.1, 0.15) is 0 Å². The van der Waals surface area contributed by atoms with E-state index >= 15 is 0 Å². The Morgan fingerprint density at radius 3 is 2.84 bits per heavy atom. The molecule has 0 spiro atoms. The number of ether oxygens (including phenoxy) is 1. The molecule has 0 saturated carbocycles. The van der Waals surface area contributed by atoms with Crippen LogP contribution in [0, 0.1) is 0 Å². The van der Waals surface area contributed by atoms with Crippen molar-refractivity contribution >= 4 is 33.7 Å². The molecule has 6 heteroatoms. The third-order valence-corrected chi connectivity index (χ3v) is 3.39. The van der Waals surface area contributed by atoms with Gasteiger partial charge in [-0.3, -0.25) is 4.99 Å². The highest BCUT2D eigenvalue weighted by atomic mass is 79.9. The Kier molecular flexibility index (Phi) is 8.49. The number of hydrogen-bond acceptors (Lipinski definition) is 3. The quantitative estimate of drug-likeness (QED) is 0.452. The first kappa shape index (κ1) is 16.2. The third kappa shape index (κ3) is 7.32. The summed E-state index contributed by atoms with van der Waals surface area (Å²) in [5, 5.41) is 6.44. The zero-order valence-electron chi connectivity index (χ0n) is 11.3. The fraction of sp³-hybridized carbons (Fsp3) is 0.462. The molecule has 0 aliphatic rings. The van der Waals surface area contributed by atoms with E-state index < -0.39 is 0 Å². The molecule has 0 aliphatic heterocycles. The number of nitrogens with zero attached hydrogens (tertiary/aromatic N) is 1. The largest absolute Gasteiger partial charge is 0.492 e. The molecule has 0 heterocycles. The van der Waals surface area contributed by atoms with Crippen LogP contribution in [-0.2, 0) is 0 Å². The van der Waals surface area contributed by atoms with Crippen molar-refractivity contribution in [2.45, 2.75) is 0 Å². The lowest BCUT2D eigenvalue weighted by Crippen LogP contribution is -2.40. The molecule has 4 nitrogen and oxygen atoms in total. The molecule has 0 bridgehead atoms. The molecule has 2 N–H and O–H groups in total. The summed E-state index contributed by atoms with van der Waals surface area (Å²) >= 11 is 5.22. The van der Waals surface area contributed by atoms with Gasteiger partial charge in [0.05, 0.1) is 6.54 Å². The van der Waals surface area contributed by atoms with Crippen molar-refractivity contribution in [1.29, 1.82) is 0 Å². The highest BCUT2D eigenvalue weighted by molar-refractivity contribution is 9.10. The maximum absolute atomic E-state index is 5.63. The summed E-state index contributed by atoms with van der Waals surface area (Å²) in [6.45, 7) is 2.22. The molecule has 0 saturated heterocycles. The molecule has 1 aromatic rings. The van der Waals surface area contributed by atoms with Crippen LogP contribution in [0.25, 0.3) is 0 Å². The Bertz CT molecular complexity index is 401. The molecule has 106 valence electrons. The average Bonchev–Trinajstić information content (AvgIpc) is 2.41. The van der Waals surface area contributed by atoms with Crippen LogP contribution in [-0.4, -0.2) is 44.7 Å². The van der Waals surface area contributed by atoms with Crippen LogP contribution >= 0.6 is 27.7 Å². The lowest BCUT2D eigenvalue weighted by atomic mass is 10.3. The number of nitrogens with one attached hydrogen (secondary N) is 2. The van der Waals surface area contributed by atoms with E-state index in [9.17, 15) is 0 Å². The van der Waals surface area contributed by atoms with E-state index in [2.05, 4.69) is 37.8 Å². The summed E-state index contributed by atoms with van der Waals surface area (Å²) in [6, 6.07) is 7.82. The van der Waals surface area contributed by atoms with E-state index in [1.54, 1.807) is 18.8 Å². The zero-order chi connectivity index (χ0) is 13.9. The summed E-state index contributed by atoms with van der Waals surface area (Å²) < 4.78 is 6.65. The second-order valence-corrected chi connectivity index (χ2v) is 5.63. The van der Waals surface area contributed by atoms with E-state index in [1.807, 2.05) is 24.3 Å². The molecule has 0 amide bonds. The van der Waals surface area contributed by atoms with Crippen LogP contribution in [0.2, 0.25) is 0 Å². The average molecular weight is 346 g/mol. The van der Waals surface area contributed by atoms with Gasteiger partial charge in [0.2, 0.25) is 0 Å². The Hall–Kier alpha value is -0.880. The molecular weight excluding hydrogens is 326 g/mol. The van der Waals surface area contributed by atoms with Gasteiger partial charge in [0, 0.05) is 23.8 Å². The molecule has 19 heavy (non-hydrogen) atoms. The van der Waals surface area contributed by atoms with Gasteiger partial charge in [0.15, 0.2) is 5.96 Å². The van der Waals surface area contributed by atoms with Gasteiger partial charge in [-0.15, -0.1) is 0 Å². The number of guanidine groups is 1. The van der Waals surface area contributed by atoms with Gasteiger partial charge in [-0.25, -0.2) is 0 Å².